The Kier molecular flexibility index (Phi) is 2.86. The van der Waals surface area contributed by atoms with Crippen molar-refractivity contribution >= 4 is 0 Å². The van der Waals surface area contributed by atoms with E-state index in [0.29, 0.717) is 10.8 Å². The molecule has 0 spiro atoms. The number of rotatable bonds is 1. The van der Waals surface area contributed by atoms with Crippen LogP contribution in [0, 0.1) is 5.82 Å². The number of hydrogen-bond acceptors (Lipinski definition) is 5. The van der Waals surface area contributed by atoms with Crippen molar-refractivity contribution in [1.29, 1.82) is 0 Å². The van der Waals surface area contributed by atoms with Crippen molar-refractivity contribution in [3.8, 4) is 0 Å². The van der Waals surface area contributed by atoms with E-state index in [0.717, 1.165) is 0 Å². The molecule has 1 aliphatic heterocycles. The van der Waals surface area contributed by atoms with E-state index in [1.165, 1.54) is 6.92 Å². The van der Waals surface area contributed by atoms with E-state index < -0.39 is 41.6 Å². The van der Waals surface area contributed by atoms with E-state index in [2.05, 4.69) is 0 Å². The third-order valence-electron chi connectivity index (χ3n) is 2.68. The van der Waals surface area contributed by atoms with Gasteiger partial charge in [0.1, 0.15) is 12.2 Å². The van der Waals surface area contributed by atoms with Gasteiger partial charge in [0.15, 0.2) is 6.23 Å². The molecule has 0 aliphatic carbocycles. The molecule has 1 saturated heterocycles. The Balaban J connectivity index is 2.46. The molecule has 7 nitrogen and oxygen atoms in total. The third-order valence-corrected chi connectivity index (χ3v) is 2.68. The van der Waals surface area contributed by atoms with Crippen LogP contribution >= 0.6 is 0 Å². The van der Waals surface area contributed by atoms with Crippen molar-refractivity contribution in [2.75, 3.05) is 0 Å². The van der Waals surface area contributed by atoms with Crippen LogP contribution in [0.25, 0.3) is 0 Å². The molecule has 0 unspecified atom stereocenters. The van der Waals surface area contributed by atoms with Crippen LogP contribution in [0.3, 0.4) is 0 Å². The van der Waals surface area contributed by atoms with Gasteiger partial charge >= 0.3 is 5.69 Å². The van der Waals surface area contributed by atoms with Crippen LogP contribution in [0.15, 0.2) is 15.8 Å². The van der Waals surface area contributed by atoms with Crippen molar-refractivity contribution < 1.29 is 19.3 Å². The van der Waals surface area contributed by atoms with Crippen LogP contribution in [0.4, 0.5) is 4.39 Å². The second-order valence-corrected chi connectivity index (χ2v) is 3.86. The standard InChI is InChI=1S/C9H11FN2O5/c1-3-5(13)6(14)8(17-3)12-2-4(10)7(15)11-9(12)16/h2-3,5-6,8,13-14H,1H3,(H,11,15,16)/t3-,5-,6-,8-/m1/s1/i9+1,11+1,12+1. The summed E-state index contributed by atoms with van der Waals surface area (Å²) in [6.07, 6.45) is -3.83. The molecule has 0 radical (unpaired) electrons. The fourth-order valence-electron chi connectivity index (χ4n) is 1.71. The van der Waals surface area contributed by atoms with Gasteiger partial charge in [-0.1, -0.05) is 0 Å². The summed E-state index contributed by atoms with van der Waals surface area (Å²) in [5.41, 5.74) is -2.06. The highest BCUT2D eigenvalue weighted by molar-refractivity contribution is 4.93. The van der Waals surface area contributed by atoms with E-state index in [1.54, 1.807) is 4.98 Å². The van der Waals surface area contributed by atoms with Crippen LogP contribution < -0.4 is 11.2 Å². The molecule has 4 atom stereocenters. The molecule has 0 saturated carbocycles. The summed E-state index contributed by atoms with van der Waals surface area (Å²) in [5, 5.41) is 19.1. The number of H-pyrrole nitrogens is 1. The van der Waals surface area contributed by atoms with Gasteiger partial charge in [-0.05, 0) is 6.92 Å². The van der Waals surface area contributed by atoms with Gasteiger partial charge in [0.25, 0.3) is 5.56 Å². The normalized spacial score (nSPS) is 32.9. The Bertz CT molecular complexity index is 539. The molecular formula is C9H11FN2O5. The minimum Gasteiger partial charge on any atom is -0.388 e. The third kappa shape index (κ3) is 1.90. The minimum atomic E-state index is -1.37. The van der Waals surface area contributed by atoms with Gasteiger partial charge in [-0.2, -0.15) is 4.39 Å². The molecule has 0 bridgehead atoms. The molecular weight excluding hydrogens is 238 g/mol. The average Bonchev–Trinajstić information content (AvgIpc) is 2.51. The largest absolute Gasteiger partial charge is 0.388 e. The van der Waals surface area contributed by atoms with Crippen molar-refractivity contribution in [2.24, 2.45) is 0 Å². The fourth-order valence-corrected chi connectivity index (χ4v) is 1.71. The first-order chi connectivity index (χ1) is 7.91. The Morgan fingerprint density at radius 1 is 1.41 bits per heavy atom. The van der Waals surface area contributed by atoms with E-state index in [9.17, 15) is 24.2 Å². The van der Waals surface area contributed by atoms with Gasteiger partial charge in [-0.3, -0.25) is 14.3 Å². The molecule has 1 fully saturated rings. The molecule has 94 valence electrons. The molecule has 1 aliphatic rings. The molecule has 2 heterocycles. The van der Waals surface area contributed by atoms with Crippen LogP contribution in [-0.2, 0) is 4.74 Å². The predicted molar refractivity (Wildman–Crippen MR) is 52.9 cm³/mol. The highest BCUT2D eigenvalue weighted by atomic mass is 19.1. The zero-order chi connectivity index (χ0) is 12.7. The van der Waals surface area contributed by atoms with Crippen LogP contribution in [-0.4, -0.2) is 38.1 Å². The number of nitrogens with one attached hydrogen (secondary N) is 1. The molecule has 0 amide bonds. The number of hydrogen-bond donors (Lipinski definition) is 3. The summed E-state index contributed by atoms with van der Waals surface area (Å²) in [4.78, 5) is 24.0. The zero-order valence-electron chi connectivity index (χ0n) is 8.83. The van der Waals surface area contributed by atoms with Crippen LogP contribution in [0.1, 0.15) is 13.2 Å². The summed E-state index contributed by atoms with van der Waals surface area (Å²) in [6.45, 7) is 1.50. The quantitative estimate of drug-likeness (QED) is 0.551. The Hall–Kier alpha value is -1.51. The highest BCUT2D eigenvalue weighted by Crippen LogP contribution is 2.27. The molecule has 8 heteroatoms. The van der Waals surface area contributed by atoms with E-state index in [-0.39, 0.29) is 0 Å². The maximum Gasteiger partial charge on any atom is 0.330 e. The van der Waals surface area contributed by atoms with Crippen molar-refractivity contribution in [3.05, 3.63) is 32.9 Å². The van der Waals surface area contributed by atoms with E-state index in [1.807, 2.05) is 0 Å². The van der Waals surface area contributed by atoms with Crippen LogP contribution in [0.2, 0.25) is 0 Å². The summed E-state index contributed by atoms with van der Waals surface area (Å²) < 4.78 is 18.9. The van der Waals surface area contributed by atoms with Crippen molar-refractivity contribution in [3.63, 3.8) is 0 Å². The maximum atomic E-state index is 13.0. The second kappa shape index (κ2) is 4.06. The molecule has 2 rings (SSSR count). The minimum absolute atomic E-state index is 0.639. The lowest BCUT2D eigenvalue weighted by molar-refractivity contribution is -0.0356. The highest BCUT2D eigenvalue weighted by Gasteiger charge is 2.41. The molecule has 0 aromatic carbocycles. The summed E-state index contributed by atoms with van der Waals surface area (Å²) in [7, 11) is 0. The summed E-state index contributed by atoms with van der Waals surface area (Å²) in [6, 6.07) is 0. The number of aliphatic hydroxyl groups is 2. The molecule has 17 heavy (non-hydrogen) atoms. The predicted octanol–water partition coefficient (Wildman–Crippen LogP) is -1.69. The molecule has 3 N–H and O–H groups in total. The van der Waals surface area contributed by atoms with Crippen molar-refractivity contribution in [1.82, 2.24) is 9.55 Å². The SMILES string of the molecule is C[C@H]1O[C@@H]([15n]2cc(F)c(=O)[15nH][13c]2=O)[C@H](O)[C@@H]1O. The Labute approximate surface area is 94.1 Å². The van der Waals surface area contributed by atoms with E-state index in [4.69, 9.17) is 4.74 Å². The lowest BCUT2D eigenvalue weighted by Gasteiger charge is -2.16. The summed E-state index contributed by atoms with van der Waals surface area (Å²) in [5.74, 6) is -1.17. The number of aliphatic hydroxyl groups excluding tert-OH is 2. The van der Waals surface area contributed by atoms with Gasteiger partial charge in [-0.15, -0.1) is 0 Å². The van der Waals surface area contributed by atoms with Gasteiger partial charge in [-0.25, -0.2) is 4.79 Å². The van der Waals surface area contributed by atoms with Gasteiger partial charge < -0.3 is 14.9 Å². The Morgan fingerprint density at radius 2 is 2.06 bits per heavy atom. The average molecular weight is 249 g/mol. The Morgan fingerprint density at radius 3 is 2.59 bits per heavy atom. The number of aromatic amines is 1. The fraction of sp³-hybridized carbons (Fsp3) is 0.556. The van der Waals surface area contributed by atoms with E-state index >= 15 is 0 Å². The number of aromatic nitrogens is 2. The second-order valence-electron chi connectivity index (χ2n) is 3.86. The topological polar surface area (TPSA) is 105 Å². The lowest BCUT2D eigenvalue weighted by atomic mass is 10.1. The van der Waals surface area contributed by atoms with Gasteiger partial charge in [0.05, 0.1) is 12.3 Å². The zero-order valence-corrected chi connectivity index (χ0v) is 8.83. The number of ether oxygens (including phenoxy) is 1. The summed E-state index contributed by atoms with van der Waals surface area (Å²) >= 11 is 0. The van der Waals surface area contributed by atoms with Gasteiger partial charge in [0.2, 0.25) is 5.82 Å². The molecule has 1 aromatic heterocycles. The first-order valence-electron chi connectivity index (χ1n) is 4.94. The molecule has 1 aromatic rings. The monoisotopic (exact) mass is 249 g/mol. The maximum absolute atomic E-state index is 13.0. The number of halogens is 1. The number of nitrogens with zero attached hydrogens (tertiary/aromatic N) is 1. The van der Waals surface area contributed by atoms with Gasteiger partial charge in [0, 0.05) is 0 Å². The lowest BCUT2D eigenvalue weighted by Crippen LogP contribution is -2.38. The smallest absolute Gasteiger partial charge is 0.330 e. The first kappa shape index (κ1) is 12.0. The first-order valence-corrected chi connectivity index (χ1v) is 4.94. The van der Waals surface area contributed by atoms with Crippen molar-refractivity contribution in [2.45, 2.75) is 31.5 Å². The van der Waals surface area contributed by atoms with Crippen LogP contribution in [0.5, 0.6) is 0 Å².